The third-order valence-electron chi connectivity index (χ3n) is 3.98. The number of benzene rings is 2. The predicted octanol–water partition coefficient (Wildman–Crippen LogP) is 3.55. The molecule has 4 nitrogen and oxygen atoms in total. The van der Waals surface area contributed by atoms with Crippen molar-refractivity contribution in [2.45, 2.75) is 25.9 Å². The Hall–Kier alpha value is -2.49. The number of Topliss-reactive ketones (excluding diaryl/α,β-unsaturated/α-hetero) is 1. The molecule has 3 rings (SSSR count). The molecule has 1 aliphatic heterocycles. The molecule has 0 bridgehead atoms. The Morgan fingerprint density at radius 2 is 2.14 bits per heavy atom. The van der Waals surface area contributed by atoms with Gasteiger partial charge >= 0.3 is 0 Å². The topological polar surface area (TPSA) is 61.6 Å². The average Bonchev–Trinajstić information content (AvgIpc) is 2.55. The lowest BCUT2D eigenvalue weighted by Gasteiger charge is -2.27. The number of carbonyl (C=O) groups excluding carboxylic acids is 1. The van der Waals surface area contributed by atoms with Crippen molar-refractivity contribution in [3.8, 4) is 11.5 Å². The molecule has 0 saturated carbocycles. The number of rotatable bonds is 3. The summed E-state index contributed by atoms with van der Waals surface area (Å²) in [4.78, 5) is 12.5. The first kappa shape index (κ1) is 14.4. The van der Waals surface area contributed by atoms with Gasteiger partial charge in [-0.05, 0) is 41.8 Å². The Labute approximate surface area is 129 Å². The van der Waals surface area contributed by atoms with Gasteiger partial charge in [0.2, 0.25) is 0 Å². The molecule has 22 heavy (non-hydrogen) atoms. The van der Waals surface area contributed by atoms with Crippen LogP contribution < -0.4 is 15.2 Å². The summed E-state index contributed by atoms with van der Waals surface area (Å²) in [6.45, 7) is 2.04. The van der Waals surface area contributed by atoms with E-state index in [1.165, 1.54) is 0 Å². The number of aryl methyl sites for hydroxylation is 1. The summed E-state index contributed by atoms with van der Waals surface area (Å²) in [7, 11) is 1.62. The van der Waals surface area contributed by atoms with Gasteiger partial charge in [0.25, 0.3) is 0 Å². The summed E-state index contributed by atoms with van der Waals surface area (Å²) in [6.07, 6.45) is 0.821. The minimum absolute atomic E-state index is 0.0658. The highest BCUT2D eigenvalue weighted by Crippen LogP contribution is 2.40. The molecule has 1 heterocycles. The Morgan fingerprint density at radius 1 is 1.32 bits per heavy atom. The molecule has 1 aliphatic rings. The van der Waals surface area contributed by atoms with Gasteiger partial charge in [0.05, 0.1) is 24.8 Å². The molecule has 0 aliphatic carbocycles. The van der Waals surface area contributed by atoms with E-state index in [1.807, 2.05) is 43.3 Å². The van der Waals surface area contributed by atoms with Gasteiger partial charge in [-0.3, -0.25) is 4.79 Å². The lowest BCUT2D eigenvalue weighted by molar-refractivity contribution is 0.0851. The number of hydrogen-bond donors (Lipinski definition) is 1. The molecule has 0 radical (unpaired) electrons. The zero-order valence-electron chi connectivity index (χ0n) is 12.8. The van der Waals surface area contributed by atoms with Gasteiger partial charge in [-0.15, -0.1) is 0 Å². The first-order valence-electron chi connectivity index (χ1n) is 7.38. The summed E-state index contributed by atoms with van der Waals surface area (Å²) in [5.41, 5.74) is 9.15. The van der Waals surface area contributed by atoms with Crippen molar-refractivity contribution in [3.05, 3.63) is 53.1 Å². The monoisotopic (exact) mass is 297 g/mol. The molecule has 0 spiro atoms. The summed E-state index contributed by atoms with van der Waals surface area (Å²) in [6, 6.07) is 11.3. The largest absolute Gasteiger partial charge is 0.497 e. The molecule has 4 heteroatoms. The van der Waals surface area contributed by atoms with Crippen molar-refractivity contribution in [3.63, 3.8) is 0 Å². The molecule has 114 valence electrons. The second-order valence-electron chi connectivity index (χ2n) is 5.43. The summed E-state index contributed by atoms with van der Waals surface area (Å²) in [5, 5.41) is 0. The van der Waals surface area contributed by atoms with E-state index in [9.17, 15) is 4.79 Å². The quantitative estimate of drug-likeness (QED) is 0.880. The maximum absolute atomic E-state index is 12.5. The fourth-order valence-electron chi connectivity index (χ4n) is 2.75. The molecule has 2 aromatic rings. The standard InChI is InChI=1S/C18H19NO3/c1-3-11-7-14-16(20)10-17(22-18(14)15(19)8-11)12-5-4-6-13(9-12)21-2/h4-9,17H,3,10,19H2,1-2H3. The molecule has 2 aromatic carbocycles. The van der Waals surface area contributed by atoms with Gasteiger partial charge in [0, 0.05) is 0 Å². The van der Waals surface area contributed by atoms with E-state index >= 15 is 0 Å². The van der Waals surface area contributed by atoms with Crippen LogP contribution in [0.1, 0.15) is 40.9 Å². The highest BCUT2D eigenvalue weighted by molar-refractivity contribution is 6.01. The Kier molecular flexibility index (Phi) is 3.75. The lowest BCUT2D eigenvalue weighted by Crippen LogP contribution is -2.21. The van der Waals surface area contributed by atoms with Crippen LogP contribution in [0.25, 0.3) is 0 Å². The molecular formula is C18H19NO3. The van der Waals surface area contributed by atoms with E-state index in [0.29, 0.717) is 23.4 Å². The summed E-state index contributed by atoms with van der Waals surface area (Å²) >= 11 is 0. The third-order valence-corrected chi connectivity index (χ3v) is 3.98. The normalized spacial score (nSPS) is 16.8. The van der Waals surface area contributed by atoms with Gasteiger partial charge < -0.3 is 15.2 Å². The van der Waals surface area contributed by atoms with E-state index in [4.69, 9.17) is 15.2 Å². The second-order valence-corrected chi connectivity index (χ2v) is 5.43. The molecule has 0 fully saturated rings. The Balaban J connectivity index is 1.98. The maximum atomic E-state index is 12.5. The van der Waals surface area contributed by atoms with Crippen LogP contribution in [-0.2, 0) is 6.42 Å². The SMILES string of the molecule is CCc1cc(N)c2c(c1)C(=O)CC(c1cccc(OC)c1)O2. The summed E-state index contributed by atoms with van der Waals surface area (Å²) < 4.78 is 11.2. The van der Waals surface area contributed by atoms with Crippen LogP contribution in [-0.4, -0.2) is 12.9 Å². The fourth-order valence-corrected chi connectivity index (χ4v) is 2.75. The number of ketones is 1. The van der Waals surface area contributed by atoms with Crippen LogP contribution in [0.3, 0.4) is 0 Å². The van der Waals surface area contributed by atoms with E-state index in [0.717, 1.165) is 23.3 Å². The van der Waals surface area contributed by atoms with Crippen molar-refractivity contribution in [1.82, 2.24) is 0 Å². The van der Waals surface area contributed by atoms with Crippen molar-refractivity contribution >= 4 is 11.5 Å². The van der Waals surface area contributed by atoms with Gasteiger partial charge in [-0.1, -0.05) is 19.1 Å². The number of carbonyl (C=O) groups is 1. The second kappa shape index (κ2) is 5.72. The molecule has 1 atom stereocenters. The van der Waals surface area contributed by atoms with Crippen LogP contribution in [0, 0.1) is 0 Å². The van der Waals surface area contributed by atoms with Crippen LogP contribution in [0.5, 0.6) is 11.5 Å². The highest BCUT2D eigenvalue weighted by atomic mass is 16.5. The number of nitrogens with two attached hydrogens (primary N) is 1. The van der Waals surface area contributed by atoms with Gasteiger partial charge in [0.15, 0.2) is 11.5 Å². The fraction of sp³-hybridized carbons (Fsp3) is 0.278. The minimum atomic E-state index is -0.329. The lowest BCUT2D eigenvalue weighted by atomic mass is 9.94. The molecule has 0 aromatic heterocycles. The van der Waals surface area contributed by atoms with Gasteiger partial charge in [0.1, 0.15) is 11.9 Å². The van der Waals surface area contributed by atoms with E-state index in [1.54, 1.807) is 7.11 Å². The first-order valence-corrected chi connectivity index (χ1v) is 7.38. The number of fused-ring (bicyclic) bond motifs is 1. The van der Waals surface area contributed by atoms with Crippen LogP contribution in [0.4, 0.5) is 5.69 Å². The van der Waals surface area contributed by atoms with E-state index in [2.05, 4.69) is 0 Å². The first-order chi connectivity index (χ1) is 10.6. The number of hydrogen-bond acceptors (Lipinski definition) is 4. The van der Waals surface area contributed by atoms with Crippen molar-refractivity contribution in [2.75, 3.05) is 12.8 Å². The third kappa shape index (κ3) is 2.52. The molecule has 0 saturated heterocycles. The van der Waals surface area contributed by atoms with Gasteiger partial charge in [-0.2, -0.15) is 0 Å². The Morgan fingerprint density at radius 3 is 2.86 bits per heavy atom. The van der Waals surface area contributed by atoms with E-state index in [-0.39, 0.29) is 11.9 Å². The molecule has 1 unspecified atom stereocenters. The average molecular weight is 297 g/mol. The molecule has 2 N–H and O–H groups in total. The van der Waals surface area contributed by atoms with Crippen LogP contribution in [0.2, 0.25) is 0 Å². The van der Waals surface area contributed by atoms with Gasteiger partial charge in [-0.25, -0.2) is 0 Å². The molecule has 0 amide bonds. The smallest absolute Gasteiger partial charge is 0.170 e. The zero-order chi connectivity index (χ0) is 15.7. The number of nitrogen functional groups attached to an aromatic ring is 1. The van der Waals surface area contributed by atoms with Crippen molar-refractivity contribution in [2.24, 2.45) is 0 Å². The van der Waals surface area contributed by atoms with Crippen molar-refractivity contribution < 1.29 is 14.3 Å². The molecular weight excluding hydrogens is 278 g/mol. The number of methoxy groups -OCH3 is 1. The van der Waals surface area contributed by atoms with Crippen molar-refractivity contribution in [1.29, 1.82) is 0 Å². The van der Waals surface area contributed by atoms with Crippen LogP contribution in [0.15, 0.2) is 36.4 Å². The Bertz CT molecular complexity index is 724. The summed E-state index contributed by atoms with van der Waals surface area (Å²) in [5.74, 6) is 1.31. The zero-order valence-corrected chi connectivity index (χ0v) is 12.8. The maximum Gasteiger partial charge on any atom is 0.170 e. The minimum Gasteiger partial charge on any atom is -0.497 e. The van der Waals surface area contributed by atoms with Crippen LogP contribution >= 0.6 is 0 Å². The predicted molar refractivity (Wildman–Crippen MR) is 85.5 cm³/mol. The highest BCUT2D eigenvalue weighted by Gasteiger charge is 2.29. The number of ether oxygens (including phenoxy) is 2. The number of anilines is 1. The van der Waals surface area contributed by atoms with E-state index < -0.39 is 0 Å².